The fourth-order valence-electron chi connectivity index (χ4n) is 2.90. The summed E-state index contributed by atoms with van der Waals surface area (Å²) in [6.45, 7) is 1.43. The van der Waals surface area contributed by atoms with Crippen molar-refractivity contribution in [2.24, 2.45) is 5.92 Å². The predicted molar refractivity (Wildman–Crippen MR) is 98.4 cm³/mol. The van der Waals surface area contributed by atoms with E-state index >= 15 is 0 Å². The van der Waals surface area contributed by atoms with Crippen molar-refractivity contribution >= 4 is 29.2 Å². The average Bonchev–Trinajstić information content (AvgIpc) is 2.97. The van der Waals surface area contributed by atoms with Crippen LogP contribution in [-0.4, -0.2) is 29.9 Å². The van der Waals surface area contributed by atoms with E-state index < -0.39 is 0 Å². The van der Waals surface area contributed by atoms with Crippen LogP contribution in [0.15, 0.2) is 48.5 Å². The van der Waals surface area contributed by atoms with Gasteiger partial charge in [-0.15, -0.1) is 0 Å². The fourth-order valence-corrected chi connectivity index (χ4v) is 3.03. The highest BCUT2D eigenvalue weighted by Gasteiger charge is 2.29. The highest BCUT2D eigenvalue weighted by molar-refractivity contribution is 6.30. The van der Waals surface area contributed by atoms with E-state index in [0.29, 0.717) is 36.8 Å². The maximum Gasteiger partial charge on any atom is 0.319 e. The Kier molecular flexibility index (Phi) is 5.73. The lowest BCUT2D eigenvalue weighted by atomic mass is 10.1. The molecule has 3 rings (SSSR count). The molecule has 2 N–H and O–H groups in total. The lowest BCUT2D eigenvalue weighted by molar-refractivity contribution is -0.128. The van der Waals surface area contributed by atoms with Crippen LogP contribution >= 0.6 is 11.6 Å². The average molecular weight is 376 g/mol. The highest BCUT2D eigenvalue weighted by Crippen LogP contribution is 2.20. The minimum absolute atomic E-state index is 0.0410. The Morgan fingerprint density at radius 3 is 2.54 bits per heavy atom. The number of rotatable bonds is 5. The van der Waals surface area contributed by atoms with Crippen molar-refractivity contribution in [1.29, 1.82) is 0 Å². The van der Waals surface area contributed by atoms with Crippen molar-refractivity contribution in [2.75, 3.05) is 18.4 Å². The van der Waals surface area contributed by atoms with Gasteiger partial charge < -0.3 is 15.5 Å². The number of nitrogens with one attached hydrogen (secondary N) is 2. The second kappa shape index (κ2) is 8.19. The first kappa shape index (κ1) is 18.2. The van der Waals surface area contributed by atoms with Crippen LogP contribution in [0.25, 0.3) is 0 Å². The molecule has 5 nitrogen and oxygen atoms in total. The molecule has 0 radical (unpaired) electrons. The zero-order valence-electron chi connectivity index (χ0n) is 14.0. The third-order valence-corrected chi connectivity index (χ3v) is 4.49. The molecule has 1 fully saturated rings. The number of amides is 3. The lowest BCUT2D eigenvalue weighted by Crippen LogP contribution is -2.34. The minimum atomic E-state index is -0.322. The summed E-state index contributed by atoms with van der Waals surface area (Å²) >= 11 is 5.81. The van der Waals surface area contributed by atoms with E-state index in [1.165, 1.54) is 12.1 Å². The molecule has 0 aromatic heterocycles. The van der Waals surface area contributed by atoms with Crippen molar-refractivity contribution in [3.8, 4) is 0 Å². The molecule has 1 saturated heterocycles. The fraction of sp³-hybridized carbons (Fsp3) is 0.263. The number of anilines is 1. The normalized spacial score (nSPS) is 16.6. The van der Waals surface area contributed by atoms with Gasteiger partial charge in [-0.25, -0.2) is 9.18 Å². The monoisotopic (exact) mass is 375 g/mol. The van der Waals surface area contributed by atoms with Crippen molar-refractivity contribution in [3.63, 3.8) is 0 Å². The summed E-state index contributed by atoms with van der Waals surface area (Å²) in [5.74, 6) is -0.201. The molecule has 7 heteroatoms. The van der Waals surface area contributed by atoms with Crippen molar-refractivity contribution in [3.05, 3.63) is 64.9 Å². The molecule has 1 heterocycles. The van der Waals surface area contributed by atoms with Crippen LogP contribution in [-0.2, 0) is 11.3 Å². The molecular formula is C19H19ClFN3O2. The Labute approximate surface area is 156 Å². The van der Waals surface area contributed by atoms with Crippen molar-refractivity contribution < 1.29 is 14.0 Å². The number of urea groups is 1. The SMILES string of the molecule is O=C(NC[C@@H]1CC(=O)N(Cc2ccc(F)cc2)C1)Nc1ccc(Cl)cc1. The van der Waals surface area contributed by atoms with E-state index in [4.69, 9.17) is 11.6 Å². The second-order valence-corrected chi connectivity index (χ2v) is 6.75. The number of benzene rings is 2. The lowest BCUT2D eigenvalue weighted by Gasteiger charge is -2.17. The molecule has 0 bridgehead atoms. The predicted octanol–water partition coefficient (Wildman–Crippen LogP) is 3.65. The number of halogens is 2. The smallest absolute Gasteiger partial charge is 0.319 e. The molecule has 1 aliphatic rings. The van der Waals surface area contributed by atoms with Gasteiger partial charge in [0.05, 0.1) is 0 Å². The molecule has 0 saturated carbocycles. The van der Waals surface area contributed by atoms with Gasteiger partial charge in [0.15, 0.2) is 0 Å². The molecule has 136 valence electrons. The molecule has 0 spiro atoms. The summed E-state index contributed by atoms with van der Waals surface area (Å²) in [6.07, 6.45) is 0.391. The Morgan fingerprint density at radius 2 is 1.85 bits per heavy atom. The highest BCUT2D eigenvalue weighted by atomic mass is 35.5. The molecule has 0 unspecified atom stereocenters. The van der Waals surface area contributed by atoms with Gasteiger partial charge in [0, 0.05) is 42.7 Å². The summed E-state index contributed by atoms with van der Waals surface area (Å²) in [5, 5.41) is 6.11. The van der Waals surface area contributed by atoms with E-state index in [-0.39, 0.29) is 23.7 Å². The van der Waals surface area contributed by atoms with E-state index in [0.717, 1.165) is 5.56 Å². The molecule has 1 atom stereocenters. The topological polar surface area (TPSA) is 61.4 Å². The minimum Gasteiger partial charge on any atom is -0.338 e. The number of carbonyl (C=O) groups is 2. The first-order chi connectivity index (χ1) is 12.5. The standard InChI is InChI=1S/C19H19ClFN3O2/c20-15-3-7-17(8-4-15)23-19(26)22-10-14-9-18(25)24(12-14)11-13-1-5-16(21)6-2-13/h1-8,14H,9-12H2,(H2,22,23,26)/t14-/m0/s1. The van der Waals surface area contributed by atoms with Crippen LogP contribution in [0.2, 0.25) is 5.02 Å². The van der Waals surface area contributed by atoms with Gasteiger partial charge >= 0.3 is 6.03 Å². The largest absolute Gasteiger partial charge is 0.338 e. The number of hydrogen-bond acceptors (Lipinski definition) is 2. The van der Waals surface area contributed by atoms with Gasteiger partial charge in [0.25, 0.3) is 0 Å². The molecular weight excluding hydrogens is 357 g/mol. The van der Waals surface area contributed by atoms with Crippen LogP contribution in [0.3, 0.4) is 0 Å². The first-order valence-corrected chi connectivity index (χ1v) is 8.70. The maximum atomic E-state index is 13.0. The first-order valence-electron chi connectivity index (χ1n) is 8.32. The van der Waals surface area contributed by atoms with Crippen LogP contribution in [0.5, 0.6) is 0 Å². The van der Waals surface area contributed by atoms with E-state index in [1.54, 1.807) is 41.3 Å². The number of carbonyl (C=O) groups excluding carboxylic acids is 2. The van der Waals surface area contributed by atoms with Crippen molar-refractivity contribution in [1.82, 2.24) is 10.2 Å². The Morgan fingerprint density at radius 1 is 1.15 bits per heavy atom. The van der Waals surface area contributed by atoms with Crippen LogP contribution in [0.1, 0.15) is 12.0 Å². The molecule has 1 aliphatic heterocycles. The van der Waals surface area contributed by atoms with E-state index in [1.807, 2.05) is 0 Å². The van der Waals surface area contributed by atoms with Gasteiger partial charge in [-0.2, -0.15) is 0 Å². The van der Waals surface area contributed by atoms with Crippen molar-refractivity contribution in [2.45, 2.75) is 13.0 Å². The quantitative estimate of drug-likeness (QED) is 0.838. The Balaban J connectivity index is 1.45. The zero-order valence-corrected chi connectivity index (χ0v) is 14.8. The summed E-state index contributed by atoms with van der Waals surface area (Å²) < 4.78 is 13.0. The zero-order chi connectivity index (χ0) is 18.5. The Bertz CT molecular complexity index is 780. The van der Waals surface area contributed by atoms with Gasteiger partial charge in [-0.05, 0) is 42.0 Å². The summed E-state index contributed by atoms with van der Waals surface area (Å²) in [4.78, 5) is 25.8. The summed E-state index contributed by atoms with van der Waals surface area (Å²) in [5.41, 5.74) is 1.53. The molecule has 2 aromatic carbocycles. The van der Waals surface area contributed by atoms with Gasteiger partial charge in [0.2, 0.25) is 5.91 Å². The Hall–Kier alpha value is -2.60. The maximum absolute atomic E-state index is 13.0. The summed E-state index contributed by atoms with van der Waals surface area (Å²) in [6, 6.07) is 12.6. The molecule has 2 aromatic rings. The molecule has 0 aliphatic carbocycles. The van der Waals surface area contributed by atoms with E-state index in [2.05, 4.69) is 10.6 Å². The number of likely N-dealkylation sites (tertiary alicyclic amines) is 1. The van der Waals surface area contributed by atoms with Crippen LogP contribution < -0.4 is 10.6 Å². The van der Waals surface area contributed by atoms with Gasteiger partial charge in [-0.3, -0.25) is 4.79 Å². The van der Waals surface area contributed by atoms with E-state index in [9.17, 15) is 14.0 Å². The molecule has 26 heavy (non-hydrogen) atoms. The van der Waals surface area contributed by atoms with Crippen LogP contribution in [0.4, 0.5) is 14.9 Å². The third kappa shape index (κ3) is 4.95. The van der Waals surface area contributed by atoms with Gasteiger partial charge in [-0.1, -0.05) is 23.7 Å². The third-order valence-electron chi connectivity index (χ3n) is 4.23. The second-order valence-electron chi connectivity index (χ2n) is 6.31. The number of hydrogen-bond donors (Lipinski definition) is 2. The van der Waals surface area contributed by atoms with Gasteiger partial charge in [0.1, 0.15) is 5.82 Å². The summed E-state index contributed by atoms with van der Waals surface area (Å²) in [7, 11) is 0. The van der Waals surface area contributed by atoms with Crippen LogP contribution in [0, 0.1) is 11.7 Å². The number of nitrogens with zero attached hydrogens (tertiary/aromatic N) is 1. The molecule has 3 amide bonds.